The van der Waals surface area contributed by atoms with E-state index in [1.165, 1.54) is 0 Å². The molecule has 2 amide bonds. The lowest BCUT2D eigenvalue weighted by molar-refractivity contribution is -0.127. The first-order chi connectivity index (χ1) is 13.0. The number of carbonyl (C=O) groups is 2. The molecule has 27 heavy (non-hydrogen) atoms. The lowest BCUT2D eigenvalue weighted by Crippen LogP contribution is -2.58. The molecule has 1 atom stereocenters. The first-order valence-corrected chi connectivity index (χ1v) is 8.89. The van der Waals surface area contributed by atoms with E-state index in [-0.39, 0.29) is 17.9 Å². The Morgan fingerprint density at radius 1 is 1.33 bits per heavy atom. The van der Waals surface area contributed by atoms with Gasteiger partial charge in [0, 0.05) is 50.2 Å². The molecule has 1 saturated heterocycles. The lowest BCUT2D eigenvalue weighted by atomic mass is 10.1. The van der Waals surface area contributed by atoms with Gasteiger partial charge in [-0.25, -0.2) is 0 Å². The van der Waals surface area contributed by atoms with E-state index in [2.05, 4.69) is 10.4 Å². The number of amides is 2. The number of nitrogens with zero attached hydrogens (tertiary/aromatic N) is 4. The van der Waals surface area contributed by atoms with Crippen LogP contribution in [-0.4, -0.2) is 78.3 Å². The van der Waals surface area contributed by atoms with Gasteiger partial charge in [0.1, 0.15) is 11.8 Å². The Balaban J connectivity index is 1.81. The van der Waals surface area contributed by atoms with Crippen LogP contribution in [-0.2, 0) is 11.3 Å². The van der Waals surface area contributed by atoms with E-state index < -0.39 is 0 Å². The van der Waals surface area contributed by atoms with Gasteiger partial charge < -0.3 is 15.0 Å². The fourth-order valence-corrected chi connectivity index (χ4v) is 3.29. The van der Waals surface area contributed by atoms with Gasteiger partial charge in [-0.15, -0.1) is 0 Å². The summed E-state index contributed by atoms with van der Waals surface area (Å²) in [6, 6.07) is 6.93. The zero-order valence-electron chi connectivity index (χ0n) is 15.9. The number of likely N-dealkylation sites (N-methyl/N-ethyl adjacent to an activating group) is 2. The molecule has 1 aliphatic heterocycles. The largest absolute Gasteiger partial charge is 0.496 e. The molecule has 1 aromatic heterocycles. The average Bonchev–Trinajstić information content (AvgIpc) is 3.20. The molecule has 3 rings (SSSR count). The molecule has 1 aliphatic rings. The van der Waals surface area contributed by atoms with Crippen LogP contribution in [0.5, 0.6) is 5.75 Å². The number of hydrogen-bond acceptors (Lipinski definition) is 5. The van der Waals surface area contributed by atoms with Crippen molar-refractivity contribution < 1.29 is 14.3 Å². The van der Waals surface area contributed by atoms with Crippen LogP contribution in [0.2, 0.25) is 0 Å². The standard InChI is InChI=1S/C19H25N5O3/c1-20-18(25)16-13-23(10-9-22(16)2)19(26)14-5-6-17(27-3)15(11-14)12-24-8-4-7-21-24/h4-8,11,16H,9-10,12-13H2,1-3H3,(H,20,25)/t16-/m0/s1. The number of piperazine rings is 1. The molecule has 0 bridgehead atoms. The Morgan fingerprint density at radius 3 is 2.81 bits per heavy atom. The van der Waals surface area contributed by atoms with E-state index in [0.717, 1.165) is 5.56 Å². The maximum Gasteiger partial charge on any atom is 0.253 e. The molecule has 2 aromatic rings. The van der Waals surface area contributed by atoms with E-state index in [1.807, 2.05) is 30.3 Å². The fourth-order valence-electron chi connectivity index (χ4n) is 3.29. The van der Waals surface area contributed by atoms with Crippen LogP contribution in [0.15, 0.2) is 36.7 Å². The zero-order chi connectivity index (χ0) is 19.4. The van der Waals surface area contributed by atoms with Gasteiger partial charge in [0.05, 0.1) is 13.7 Å². The van der Waals surface area contributed by atoms with Crippen LogP contribution in [0.3, 0.4) is 0 Å². The Labute approximate surface area is 158 Å². The van der Waals surface area contributed by atoms with Crippen molar-refractivity contribution in [3.8, 4) is 5.75 Å². The second kappa shape index (κ2) is 8.22. The van der Waals surface area contributed by atoms with Crippen LogP contribution in [0.25, 0.3) is 0 Å². The van der Waals surface area contributed by atoms with E-state index in [1.54, 1.807) is 42.1 Å². The summed E-state index contributed by atoms with van der Waals surface area (Å²) in [5, 5.41) is 6.88. The fraction of sp³-hybridized carbons (Fsp3) is 0.421. The number of aromatic nitrogens is 2. The highest BCUT2D eigenvalue weighted by molar-refractivity contribution is 5.95. The molecule has 0 unspecified atom stereocenters. The zero-order valence-corrected chi connectivity index (χ0v) is 15.9. The molecule has 0 saturated carbocycles. The molecule has 0 aliphatic carbocycles. The molecule has 1 aromatic carbocycles. The second-order valence-electron chi connectivity index (χ2n) is 6.59. The molecular weight excluding hydrogens is 346 g/mol. The number of ether oxygens (including phenoxy) is 1. The highest BCUT2D eigenvalue weighted by Gasteiger charge is 2.32. The number of rotatable bonds is 5. The molecule has 2 heterocycles. The number of methoxy groups -OCH3 is 1. The van der Waals surface area contributed by atoms with Crippen molar-refractivity contribution in [1.82, 2.24) is 24.9 Å². The Bertz CT molecular complexity index is 806. The number of carbonyl (C=O) groups excluding carboxylic acids is 2. The van der Waals surface area contributed by atoms with Crippen LogP contribution in [0.4, 0.5) is 0 Å². The quantitative estimate of drug-likeness (QED) is 0.825. The number of benzene rings is 1. The first kappa shape index (κ1) is 18.9. The van der Waals surface area contributed by atoms with Crippen LogP contribution in [0.1, 0.15) is 15.9 Å². The monoisotopic (exact) mass is 371 g/mol. The molecule has 0 spiro atoms. The normalized spacial score (nSPS) is 17.6. The van der Waals surface area contributed by atoms with Gasteiger partial charge in [0.25, 0.3) is 5.91 Å². The number of hydrogen-bond donors (Lipinski definition) is 1. The van der Waals surface area contributed by atoms with Crippen molar-refractivity contribution in [1.29, 1.82) is 0 Å². The molecule has 0 radical (unpaired) electrons. The lowest BCUT2D eigenvalue weighted by Gasteiger charge is -2.38. The first-order valence-electron chi connectivity index (χ1n) is 8.89. The van der Waals surface area contributed by atoms with Gasteiger partial charge in [-0.05, 0) is 31.3 Å². The van der Waals surface area contributed by atoms with Crippen molar-refractivity contribution in [2.45, 2.75) is 12.6 Å². The summed E-state index contributed by atoms with van der Waals surface area (Å²) in [5.41, 5.74) is 1.46. The minimum absolute atomic E-state index is 0.0795. The molecule has 1 N–H and O–H groups in total. The predicted octanol–water partition coefficient (Wildman–Crippen LogP) is 0.442. The summed E-state index contributed by atoms with van der Waals surface area (Å²) in [6.45, 7) is 2.12. The van der Waals surface area contributed by atoms with Crippen LogP contribution < -0.4 is 10.1 Å². The third-order valence-corrected chi connectivity index (χ3v) is 4.90. The third-order valence-electron chi connectivity index (χ3n) is 4.90. The van der Waals surface area contributed by atoms with Crippen LogP contribution in [0, 0.1) is 0 Å². The summed E-state index contributed by atoms with van der Waals surface area (Å²) >= 11 is 0. The Morgan fingerprint density at radius 2 is 2.15 bits per heavy atom. The van der Waals surface area contributed by atoms with Gasteiger partial charge in [-0.2, -0.15) is 5.10 Å². The smallest absolute Gasteiger partial charge is 0.253 e. The van der Waals surface area contributed by atoms with Gasteiger partial charge in [-0.3, -0.25) is 19.2 Å². The van der Waals surface area contributed by atoms with E-state index >= 15 is 0 Å². The highest BCUT2D eigenvalue weighted by atomic mass is 16.5. The topological polar surface area (TPSA) is 79.7 Å². The van der Waals surface area contributed by atoms with Crippen molar-refractivity contribution in [2.75, 3.05) is 40.8 Å². The summed E-state index contributed by atoms with van der Waals surface area (Å²) < 4.78 is 7.21. The second-order valence-corrected chi connectivity index (χ2v) is 6.59. The Hall–Kier alpha value is -2.87. The van der Waals surface area contributed by atoms with Gasteiger partial charge in [0.15, 0.2) is 0 Å². The third kappa shape index (κ3) is 4.11. The summed E-state index contributed by atoms with van der Waals surface area (Å²) in [4.78, 5) is 28.8. The van der Waals surface area contributed by atoms with Gasteiger partial charge in [-0.1, -0.05) is 0 Å². The molecule has 8 heteroatoms. The summed E-state index contributed by atoms with van der Waals surface area (Å²) in [7, 11) is 5.12. The highest BCUT2D eigenvalue weighted by Crippen LogP contribution is 2.22. The van der Waals surface area contributed by atoms with Crippen molar-refractivity contribution in [3.63, 3.8) is 0 Å². The average molecular weight is 371 g/mol. The molecule has 8 nitrogen and oxygen atoms in total. The SMILES string of the molecule is CNC(=O)[C@@H]1CN(C(=O)c2ccc(OC)c(Cn3cccn3)c2)CCN1C. The van der Waals surface area contributed by atoms with E-state index in [9.17, 15) is 9.59 Å². The molecule has 144 valence electrons. The minimum Gasteiger partial charge on any atom is -0.496 e. The van der Waals surface area contributed by atoms with Gasteiger partial charge >= 0.3 is 0 Å². The summed E-state index contributed by atoms with van der Waals surface area (Å²) in [5.74, 6) is 0.550. The van der Waals surface area contributed by atoms with Crippen molar-refractivity contribution >= 4 is 11.8 Å². The maximum atomic E-state index is 13.0. The van der Waals surface area contributed by atoms with Crippen molar-refractivity contribution in [2.24, 2.45) is 0 Å². The molecule has 1 fully saturated rings. The van der Waals surface area contributed by atoms with E-state index in [4.69, 9.17) is 4.74 Å². The summed E-state index contributed by atoms with van der Waals surface area (Å²) in [6.07, 6.45) is 3.58. The molecular formula is C19H25N5O3. The van der Waals surface area contributed by atoms with Crippen molar-refractivity contribution in [3.05, 3.63) is 47.8 Å². The predicted molar refractivity (Wildman–Crippen MR) is 101 cm³/mol. The Kier molecular flexibility index (Phi) is 5.75. The number of nitrogens with one attached hydrogen (secondary N) is 1. The van der Waals surface area contributed by atoms with E-state index in [0.29, 0.717) is 37.5 Å². The minimum atomic E-state index is -0.338. The van der Waals surface area contributed by atoms with Gasteiger partial charge in [0.2, 0.25) is 5.91 Å². The maximum absolute atomic E-state index is 13.0. The van der Waals surface area contributed by atoms with Crippen LogP contribution >= 0.6 is 0 Å².